The van der Waals surface area contributed by atoms with Gasteiger partial charge >= 0.3 is 0 Å². The van der Waals surface area contributed by atoms with Crippen molar-refractivity contribution in [3.8, 4) is 11.9 Å². The van der Waals surface area contributed by atoms with E-state index < -0.39 is 0 Å². The molecule has 108 valence electrons. The minimum Gasteiger partial charge on any atom is -0.476 e. The van der Waals surface area contributed by atoms with Crippen molar-refractivity contribution in [3.63, 3.8) is 0 Å². The quantitative estimate of drug-likeness (QED) is 0.881. The Kier molecular flexibility index (Phi) is 4.80. The molecule has 2 aromatic rings. The van der Waals surface area contributed by atoms with Gasteiger partial charge in [-0.25, -0.2) is 4.98 Å². The molecule has 0 radical (unpaired) electrons. The van der Waals surface area contributed by atoms with Crippen LogP contribution in [0.3, 0.4) is 0 Å². The standard InChI is InChI=1S/C14H14ClN5O/c1-2-5-21-14-12(17)13(18-8-19-14)20-11-6-10(15)4-3-9(11)7-16/h3-4,6,8H,2,5,17H2,1H3,(H,18,19,20). The summed E-state index contributed by atoms with van der Waals surface area (Å²) in [4.78, 5) is 8.06. The molecule has 0 amide bonds. The lowest BCUT2D eigenvalue weighted by atomic mass is 10.2. The molecule has 0 spiro atoms. The Labute approximate surface area is 127 Å². The Bertz CT molecular complexity index is 684. The number of nitriles is 1. The van der Waals surface area contributed by atoms with Crippen LogP contribution in [-0.2, 0) is 0 Å². The zero-order chi connectivity index (χ0) is 15.2. The summed E-state index contributed by atoms with van der Waals surface area (Å²) in [6, 6.07) is 6.97. The van der Waals surface area contributed by atoms with Crippen LogP contribution in [-0.4, -0.2) is 16.6 Å². The van der Waals surface area contributed by atoms with Crippen LogP contribution in [0.2, 0.25) is 5.02 Å². The fourth-order valence-corrected chi connectivity index (χ4v) is 1.81. The third kappa shape index (κ3) is 3.52. The number of hydrogen-bond acceptors (Lipinski definition) is 6. The van der Waals surface area contributed by atoms with Gasteiger partial charge < -0.3 is 15.8 Å². The van der Waals surface area contributed by atoms with Crippen LogP contribution < -0.4 is 15.8 Å². The lowest BCUT2D eigenvalue weighted by Gasteiger charge is -2.12. The maximum atomic E-state index is 9.11. The van der Waals surface area contributed by atoms with Crippen LogP contribution >= 0.6 is 11.6 Å². The van der Waals surface area contributed by atoms with E-state index >= 15 is 0 Å². The van der Waals surface area contributed by atoms with E-state index in [2.05, 4.69) is 21.4 Å². The van der Waals surface area contributed by atoms with Crippen LogP contribution in [0.5, 0.6) is 5.88 Å². The number of nitrogens with one attached hydrogen (secondary N) is 1. The average molecular weight is 304 g/mol. The Balaban J connectivity index is 2.32. The molecule has 21 heavy (non-hydrogen) atoms. The fourth-order valence-electron chi connectivity index (χ4n) is 1.64. The summed E-state index contributed by atoms with van der Waals surface area (Å²) < 4.78 is 5.44. The second kappa shape index (κ2) is 6.77. The van der Waals surface area contributed by atoms with E-state index in [1.165, 1.54) is 6.33 Å². The van der Waals surface area contributed by atoms with Crippen molar-refractivity contribution in [1.82, 2.24) is 9.97 Å². The van der Waals surface area contributed by atoms with E-state index in [4.69, 9.17) is 27.3 Å². The molecule has 6 nitrogen and oxygen atoms in total. The molecule has 0 unspecified atom stereocenters. The van der Waals surface area contributed by atoms with Crippen LogP contribution in [0.4, 0.5) is 17.2 Å². The molecule has 0 fully saturated rings. The summed E-state index contributed by atoms with van der Waals surface area (Å²) in [5.41, 5.74) is 7.22. The number of ether oxygens (including phenoxy) is 1. The SMILES string of the molecule is CCCOc1ncnc(Nc2cc(Cl)ccc2C#N)c1N. The second-order valence-electron chi connectivity index (χ2n) is 4.22. The zero-order valence-corrected chi connectivity index (χ0v) is 12.2. The molecule has 7 heteroatoms. The van der Waals surface area contributed by atoms with Gasteiger partial charge in [0.2, 0.25) is 5.88 Å². The number of aromatic nitrogens is 2. The Morgan fingerprint density at radius 2 is 2.24 bits per heavy atom. The molecular weight excluding hydrogens is 290 g/mol. The van der Waals surface area contributed by atoms with Crippen LogP contribution in [0, 0.1) is 11.3 Å². The van der Waals surface area contributed by atoms with E-state index in [0.717, 1.165) is 6.42 Å². The smallest absolute Gasteiger partial charge is 0.242 e. The number of rotatable bonds is 5. The number of benzene rings is 1. The number of nitrogens with two attached hydrogens (primary N) is 1. The van der Waals surface area contributed by atoms with Gasteiger partial charge in [0, 0.05) is 5.02 Å². The van der Waals surface area contributed by atoms with E-state index in [1.807, 2.05) is 6.92 Å². The molecule has 0 aliphatic rings. The van der Waals surface area contributed by atoms with Crippen molar-refractivity contribution in [3.05, 3.63) is 35.1 Å². The lowest BCUT2D eigenvalue weighted by molar-refractivity contribution is 0.307. The first-order valence-electron chi connectivity index (χ1n) is 6.35. The van der Waals surface area contributed by atoms with Crippen molar-refractivity contribution in [2.24, 2.45) is 0 Å². The second-order valence-corrected chi connectivity index (χ2v) is 4.65. The molecule has 0 saturated carbocycles. The zero-order valence-electron chi connectivity index (χ0n) is 11.4. The fraction of sp³-hybridized carbons (Fsp3) is 0.214. The predicted molar refractivity (Wildman–Crippen MR) is 81.7 cm³/mol. The van der Waals surface area contributed by atoms with Gasteiger partial charge in [-0.1, -0.05) is 18.5 Å². The van der Waals surface area contributed by atoms with Gasteiger partial charge in [-0.3, -0.25) is 0 Å². The monoisotopic (exact) mass is 303 g/mol. The molecule has 0 atom stereocenters. The first-order chi connectivity index (χ1) is 10.2. The van der Waals surface area contributed by atoms with Crippen molar-refractivity contribution in [2.45, 2.75) is 13.3 Å². The third-order valence-electron chi connectivity index (χ3n) is 2.65. The maximum Gasteiger partial charge on any atom is 0.242 e. The van der Waals surface area contributed by atoms with Crippen LogP contribution in [0.15, 0.2) is 24.5 Å². The highest BCUT2D eigenvalue weighted by molar-refractivity contribution is 6.30. The largest absolute Gasteiger partial charge is 0.476 e. The summed E-state index contributed by atoms with van der Waals surface area (Å²) in [5.74, 6) is 0.685. The van der Waals surface area contributed by atoms with Crippen molar-refractivity contribution in [2.75, 3.05) is 17.7 Å². The van der Waals surface area contributed by atoms with Crippen LogP contribution in [0.25, 0.3) is 0 Å². The molecule has 0 saturated heterocycles. The summed E-state index contributed by atoms with van der Waals surface area (Å²) in [6.45, 7) is 2.50. The van der Waals surface area contributed by atoms with E-state index in [1.54, 1.807) is 18.2 Å². The molecule has 0 aliphatic carbocycles. The normalized spacial score (nSPS) is 9.95. The molecule has 1 heterocycles. The van der Waals surface area contributed by atoms with Crippen LogP contribution in [0.1, 0.15) is 18.9 Å². The molecule has 0 bridgehead atoms. The molecular formula is C14H14ClN5O. The topological polar surface area (TPSA) is 96.9 Å². The number of nitrogens with zero attached hydrogens (tertiary/aromatic N) is 3. The highest BCUT2D eigenvalue weighted by Crippen LogP contribution is 2.30. The van der Waals surface area contributed by atoms with Crippen molar-refractivity contribution < 1.29 is 4.74 Å². The number of halogens is 1. The molecule has 0 aliphatic heterocycles. The van der Waals surface area contributed by atoms with E-state index in [-0.39, 0.29) is 5.69 Å². The number of anilines is 3. The maximum absolute atomic E-state index is 9.11. The highest BCUT2D eigenvalue weighted by atomic mass is 35.5. The van der Waals surface area contributed by atoms with Gasteiger partial charge in [0.1, 0.15) is 18.1 Å². The van der Waals surface area contributed by atoms with Gasteiger partial charge in [0.15, 0.2) is 5.82 Å². The van der Waals surface area contributed by atoms with Gasteiger partial charge in [-0.2, -0.15) is 10.2 Å². The summed E-state index contributed by atoms with van der Waals surface area (Å²) in [5, 5.41) is 12.6. The Morgan fingerprint density at radius 3 is 2.95 bits per heavy atom. The summed E-state index contributed by atoms with van der Waals surface area (Å²) in [6.07, 6.45) is 2.19. The Morgan fingerprint density at radius 1 is 1.43 bits per heavy atom. The molecule has 2 rings (SSSR count). The minimum atomic E-state index is 0.287. The highest BCUT2D eigenvalue weighted by Gasteiger charge is 2.11. The number of hydrogen-bond donors (Lipinski definition) is 2. The molecule has 3 N–H and O–H groups in total. The lowest BCUT2D eigenvalue weighted by Crippen LogP contribution is -2.06. The van der Waals surface area contributed by atoms with E-state index in [0.29, 0.717) is 34.6 Å². The predicted octanol–water partition coefficient (Wildman–Crippen LogP) is 3.12. The minimum absolute atomic E-state index is 0.287. The third-order valence-corrected chi connectivity index (χ3v) is 2.88. The molecule has 1 aromatic carbocycles. The summed E-state index contributed by atoms with van der Waals surface area (Å²) >= 11 is 5.94. The summed E-state index contributed by atoms with van der Waals surface area (Å²) in [7, 11) is 0. The Hall–Kier alpha value is -2.52. The van der Waals surface area contributed by atoms with Gasteiger partial charge in [0.25, 0.3) is 0 Å². The van der Waals surface area contributed by atoms with Gasteiger partial charge in [-0.05, 0) is 24.6 Å². The first kappa shape index (κ1) is 14.9. The molecule has 1 aromatic heterocycles. The van der Waals surface area contributed by atoms with Crippen molar-refractivity contribution >= 4 is 28.8 Å². The van der Waals surface area contributed by atoms with Crippen molar-refractivity contribution in [1.29, 1.82) is 5.26 Å². The average Bonchev–Trinajstić information content (AvgIpc) is 2.48. The van der Waals surface area contributed by atoms with Gasteiger partial charge in [0.05, 0.1) is 17.9 Å². The van der Waals surface area contributed by atoms with E-state index in [9.17, 15) is 0 Å². The number of nitrogen functional groups attached to an aromatic ring is 1. The van der Waals surface area contributed by atoms with Gasteiger partial charge in [-0.15, -0.1) is 0 Å². The first-order valence-corrected chi connectivity index (χ1v) is 6.73.